The Balaban J connectivity index is 1.83. The highest BCUT2D eigenvalue weighted by molar-refractivity contribution is 6.89. The van der Waals surface area contributed by atoms with E-state index in [-0.39, 0.29) is 10.8 Å². The molecule has 254 valence electrons. The van der Waals surface area contributed by atoms with Crippen molar-refractivity contribution in [2.45, 2.75) is 111 Å². The average Bonchev–Trinajstić information content (AvgIpc) is 3.30. The first-order valence-corrected chi connectivity index (χ1v) is 24.5. The molecule has 2 heterocycles. The standard InChI is InChI=1S/C42H57N3OSi2/c1-26(2)27-18-28(20-29(19-27)36-17-16-31(25-43-36)47(10,11)12)33-23-32(48(13,14)15)24-37-38(33)44-40(45(37)9)34-21-30(41(3,4)5)22-35(39(34)46)42(6,7)8/h16-26,46H,1-15H3. The number of aryl methyl sites for hydroxylation is 1. The molecule has 4 nitrogen and oxygen atoms in total. The van der Waals surface area contributed by atoms with E-state index in [1.54, 1.807) is 0 Å². The summed E-state index contributed by atoms with van der Waals surface area (Å²) in [6, 6.07) is 20.5. The molecular weight excluding hydrogens is 619 g/mol. The molecule has 0 amide bonds. The highest BCUT2D eigenvalue weighted by Gasteiger charge is 2.29. The smallest absolute Gasteiger partial charge is 0.144 e. The second kappa shape index (κ2) is 12.1. The summed E-state index contributed by atoms with van der Waals surface area (Å²) in [6.45, 7) is 32.0. The molecule has 0 saturated carbocycles. The van der Waals surface area contributed by atoms with E-state index in [4.69, 9.17) is 9.97 Å². The second-order valence-electron chi connectivity index (χ2n) is 18.2. The molecule has 0 radical (unpaired) electrons. The molecule has 48 heavy (non-hydrogen) atoms. The van der Waals surface area contributed by atoms with E-state index in [0.717, 1.165) is 50.4 Å². The average molecular weight is 676 g/mol. The van der Waals surface area contributed by atoms with Gasteiger partial charge in [-0.3, -0.25) is 4.98 Å². The summed E-state index contributed by atoms with van der Waals surface area (Å²) in [6.07, 6.45) is 2.09. The maximum atomic E-state index is 11.9. The number of phenols is 1. The Morgan fingerprint density at radius 3 is 1.85 bits per heavy atom. The predicted octanol–water partition coefficient (Wildman–Crippen LogP) is 10.5. The van der Waals surface area contributed by atoms with Crippen LogP contribution < -0.4 is 10.4 Å². The minimum atomic E-state index is -1.72. The Morgan fingerprint density at radius 2 is 1.33 bits per heavy atom. The molecule has 0 aliphatic heterocycles. The molecule has 0 bridgehead atoms. The van der Waals surface area contributed by atoms with Crippen molar-refractivity contribution in [1.82, 2.24) is 14.5 Å². The number of imidazole rings is 1. The van der Waals surface area contributed by atoms with E-state index < -0.39 is 16.1 Å². The lowest BCUT2D eigenvalue weighted by Crippen LogP contribution is -2.37. The SMILES string of the molecule is CC(C)c1cc(-c2ccc([Si](C)(C)C)cn2)cc(-c2cc([Si](C)(C)C)cc3c2nc(-c2cc(C(C)(C)C)cc(C(C)(C)C)c2O)n3C)c1. The van der Waals surface area contributed by atoms with Crippen LogP contribution in [0.5, 0.6) is 5.75 Å². The van der Waals surface area contributed by atoms with E-state index >= 15 is 0 Å². The van der Waals surface area contributed by atoms with Gasteiger partial charge in [0, 0.05) is 29.9 Å². The van der Waals surface area contributed by atoms with Crippen LogP contribution in [0.25, 0.3) is 44.8 Å². The number of pyridine rings is 1. The summed E-state index contributed by atoms with van der Waals surface area (Å²) in [5.74, 6) is 1.46. The predicted molar refractivity (Wildman–Crippen MR) is 214 cm³/mol. The maximum absolute atomic E-state index is 11.9. The first-order chi connectivity index (χ1) is 22.0. The van der Waals surface area contributed by atoms with Gasteiger partial charge in [0.2, 0.25) is 0 Å². The number of hydrogen-bond acceptors (Lipinski definition) is 3. The van der Waals surface area contributed by atoms with Crippen LogP contribution in [0.3, 0.4) is 0 Å². The molecule has 0 spiro atoms. The van der Waals surface area contributed by atoms with Gasteiger partial charge in [0.15, 0.2) is 0 Å². The van der Waals surface area contributed by atoms with Gasteiger partial charge in [-0.05, 0) is 69.0 Å². The van der Waals surface area contributed by atoms with E-state index in [0.29, 0.717) is 11.7 Å². The minimum Gasteiger partial charge on any atom is -0.507 e. The fourth-order valence-electron chi connectivity index (χ4n) is 6.29. The third kappa shape index (κ3) is 6.97. The van der Waals surface area contributed by atoms with Crippen molar-refractivity contribution < 1.29 is 5.11 Å². The molecule has 5 rings (SSSR count). The summed E-state index contributed by atoms with van der Waals surface area (Å²) in [5.41, 5.74) is 10.4. The molecule has 2 aromatic heterocycles. The fraction of sp³-hybridized carbons (Fsp3) is 0.429. The zero-order valence-electron chi connectivity index (χ0n) is 32.1. The van der Waals surface area contributed by atoms with Gasteiger partial charge in [0.1, 0.15) is 11.6 Å². The molecule has 0 atom stereocenters. The molecular formula is C42H57N3OSi2. The van der Waals surface area contributed by atoms with Crippen LogP contribution in [-0.4, -0.2) is 35.8 Å². The number of benzene rings is 3. The summed E-state index contributed by atoms with van der Waals surface area (Å²) >= 11 is 0. The highest BCUT2D eigenvalue weighted by atomic mass is 28.3. The number of aromatic hydroxyl groups is 1. The number of fused-ring (bicyclic) bond motifs is 1. The lowest BCUT2D eigenvalue weighted by Gasteiger charge is -2.27. The first kappa shape index (κ1) is 35.8. The Kier molecular flexibility index (Phi) is 9.05. The molecule has 0 unspecified atom stereocenters. The lowest BCUT2D eigenvalue weighted by atomic mass is 9.79. The summed E-state index contributed by atoms with van der Waals surface area (Å²) in [5, 5.41) is 14.6. The van der Waals surface area contributed by atoms with E-state index in [9.17, 15) is 5.11 Å². The van der Waals surface area contributed by atoms with Crippen molar-refractivity contribution in [3.8, 4) is 39.5 Å². The molecule has 1 N–H and O–H groups in total. The summed E-state index contributed by atoms with van der Waals surface area (Å²) < 4.78 is 2.19. The van der Waals surface area contributed by atoms with Gasteiger partial charge in [0.25, 0.3) is 0 Å². The van der Waals surface area contributed by atoms with Gasteiger partial charge >= 0.3 is 0 Å². The Bertz CT molecular complexity index is 1990. The van der Waals surface area contributed by atoms with Crippen LogP contribution in [0.2, 0.25) is 39.3 Å². The normalized spacial score (nSPS) is 13.2. The van der Waals surface area contributed by atoms with Crippen LogP contribution >= 0.6 is 0 Å². The Labute approximate surface area is 291 Å². The van der Waals surface area contributed by atoms with Gasteiger partial charge in [0.05, 0.1) is 38.4 Å². The van der Waals surface area contributed by atoms with E-state index in [2.05, 4.69) is 167 Å². The zero-order chi connectivity index (χ0) is 35.7. The molecule has 0 aliphatic carbocycles. The number of rotatable bonds is 6. The lowest BCUT2D eigenvalue weighted by molar-refractivity contribution is 0.446. The van der Waals surface area contributed by atoms with E-state index in [1.165, 1.54) is 21.5 Å². The Morgan fingerprint density at radius 1 is 0.708 bits per heavy atom. The topological polar surface area (TPSA) is 50.9 Å². The van der Waals surface area contributed by atoms with Gasteiger partial charge < -0.3 is 9.67 Å². The fourth-order valence-corrected chi connectivity index (χ4v) is 8.47. The van der Waals surface area contributed by atoms with Crippen molar-refractivity contribution in [2.24, 2.45) is 7.05 Å². The second-order valence-corrected chi connectivity index (χ2v) is 28.4. The van der Waals surface area contributed by atoms with Crippen molar-refractivity contribution in [1.29, 1.82) is 0 Å². The van der Waals surface area contributed by atoms with Gasteiger partial charge in [-0.25, -0.2) is 4.98 Å². The molecule has 5 aromatic rings. The molecule has 3 aromatic carbocycles. The summed E-state index contributed by atoms with van der Waals surface area (Å²) in [7, 11) is -1.08. The number of phenolic OH excluding ortho intramolecular Hbond substituents is 1. The molecule has 0 saturated heterocycles. The minimum absolute atomic E-state index is 0.0851. The van der Waals surface area contributed by atoms with Crippen molar-refractivity contribution in [2.75, 3.05) is 0 Å². The largest absolute Gasteiger partial charge is 0.507 e. The highest BCUT2D eigenvalue weighted by Crippen LogP contribution is 2.43. The number of aromatic nitrogens is 3. The van der Waals surface area contributed by atoms with Crippen molar-refractivity contribution in [3.05, 3.63) is 77.5 Å². The van der Waals surface area contributed by atoms with Crippen molar-refractivity contribution in [3.63, 3.8) is 0 Å². The molecule has 0 fully saturated rings. The number of hydrogen-bond donors (Lipinski definition) is 1. The van der Waals surface area contributed by atoms with Crippen LogP contribution in [-0.2, 0) is 17.9 Å². The van der Waals surface area contributed by atoms with Crippen LogP contribution in [0.15, 0.2) is 60.8 Å². The maximum Gasteiger partial charge on any atom is 0.144 e. The Hall–Kier alpha value is -3.49. The quantitative estimate of drug-likeness (QED) is 0.182. The molecule has 6 heteroatoms. The third-order valence-electron chi connectivity index (χ3n) is 9.74. The van der Waals surface area contributed by atoms with Crippen LogP contribution in [0, 0.1) is 0 Å². The van der Waals surface area contributed by atoms with Gasteiger partial charge in [-0.1, -0.05) is 124 Å². The van der Waals surface area contributed by atoms with Gasteiger partial charge in [-0.15, -0.1) is 0 Å². The monoisotopic (exact) mass is 675 g/mol. The van der Waals surface area contributed by atoms with Gasteiger partial charge in [-0.2, -0.15) is 0 Å². The number of nitrogens with zero attached hydrogens (tertiary/aromatic N) is 3. The van der Waals surface area contributed by atoms with Crippen molar-refractivity contribution >= 4 is 37.6 Å². The summed E-state index contributed by atoms with van der Waals surface area (Å²) in [4.78, 5) is 10.4. The van der Waals surface area contributed by atoms with Crippen LogP contribution in [0.4, 0.5) is 0 Å². The third-order valence-corrected chi connectivity index (χ3v) is 13.8. The first-order valence-electron chi connectivity index (χ1n) is 17.5. The van der Waals surface area contributed by atoms with Crippen LogP contribution in [0.1, 0.15) is 78.0 Å². The van der Waals surface area contributed by atoms with E-state index in [1.807, 2.05) is 0 Å². The zero-order valence-corrected chi connectivity index (χ0v) is 34.1. The molecule has 0 aliphatic rings.